The zero-order valence-corrected chi connectivity index (χ0v) is 10.4. The third-order valence-electron chi connectivity index (χ3n) is 1.89. The van der Waals surface area contributed by atoms with Crippen molar-refractivity contribution in [3.63, 3.8) is 0 Å². The summed E-state index contributed by atoms with van der Waals surface area (Å²) in [6, 6.07) is 5.03. The van der Waals surface area contributed by atoms with Gasteiger partial charge in [0.15, 0.2) is 5.69 Å². The first kappa shape index (κ1) is 14.8. The second kappa shape index (κ2) is 6.64. The van der Waals surface area contributed by atoms with Crippen LogP contribution in [0.4, 0.5) is 5.69 Å². The van der Waals surface area contributed by atoms with E-state index in [1.165, 1.54) is 31.4 Å². The van der Waals surface area contributed by atoms with Gasteiger partial charge in [0.05, 0.1) is 6.61 Å². The Balaban J connectivity index is 2.61. The van der Waals surface area contributed by atoms with Crippen LogP contribution in [0, 0.1) is 5.21 Å². The highest BCUT2D eigenvalue weighted by Gasteiger charge is 2.11. The predicted octanol–water partition coefficient (Wildman–Crippen LogP) is -1.05. The van der Waals surface area contributed by atoms with Gasteiger partial charge in [-0.05, 0) is 12.1 Å². The third kappa shape index (κ3) is 4.96. The van der Waals surface area contributed by atoms with Crippen LogP contribution in [0.5, 0.6) is 5.75 Å². The van der Waals surface area contributed by atoms with Crippen LogP contribution in [0.2, 0.25) is 0 Å². The van der Waals surface area contributed by atoms with Crippen LogP contribution >= 0.6 is 0 Å². The third-order valence-corrected chi connectivity index (χ3v) is 2.86. The van der Waals surface area contributed by atoms with Gasteiger partial charge in [-0.2, -0.15) is 18.4 Å². The second-order valence-corrected chi connectivity index (χ2v) is 4.62. The summed E-state index contributed by atoms with van der Waals surface area (Å²) in [4.78, 5) is 0. The first-order valence-electron chi connectivity index (χ1n) is 4.96. The lowest BCUT2D eigenvalue weighted by molar-refractivity contribution is -0.991. The molecule has 1 aromatic carbocycles. The van der Waals surface area contributed by atoms with E-state index in [-0.39, 0.29) is 24.6 Å². The molecule has 9 heteroatoms. The molecule has 0 saturated heterocycles. The molecule has 0 aromatic heterocycles. The number of hydrogen-bond donors (Lipinski definition) is 3. The molecule has 0 saturated carbocycles. The van der Waals surface area contributed by atoms with Gasteiger partial charge < -0.3 is 14.1 Å². The van der Waals surface area contributed by atoms with E-state index < -0.39 is 15.5 Å². The standard InChI is InChI=1S/C9H14N2O6S/c1-16-7-6-10-18(14,15)17-9-4-2-8(3-5-9)11(12)13/h2-5,10-12H,6-7H2,1H3. The maximum atomic E-state index is 11.4. The number of hydrogen-bond acceptors (Lipinski definition) is 6. The van der Waals surface area contributed by atoms with Crippen molar-refractivity contribution >= 4 is 16.0 Å². The minimum absolute atomic E-state index is 0.0323. The molecular formula is C9H14N2O6S. The zero-order valence-electron chi connectivity index (χ0n) is 9.62. The molecule has 1 atom stereocenters. The molecule has 1 aromatic rings. The number of nitrogens with one attached hydrogen (secondary N) is 2. The van der Waals surface area contributed by atoms with Crippen molar-refractivity contribution in [2.45, 2.75) is 0 Å². The summed E-state index contributed by atoms with van der Waals surface area (Å²) in [7, 11) is -2.47. The summed E-state index contributed by atoms with van der Waals surface area (Å²) < 4.78 is 34.3. The van der Waals surface area contributed by atoms with Crippen LogP contribution in [-0.4, -0.2) is 33.9 Å². The SMILES string of the molecule is COCCNS(=O)(=O)Oc1ccc([NH+]([O-])O)cc1. The minimum atomic E-state index is -3.92. The van der Waals surface area contributed by atoms with Gasteiger partial charge in [0.2, 0.25) is 0 Å². The summed E-state index contributed by atoms with van der Waals surface area (Å²) >= 11 is 0. The summed E-state index contributed by atoms with van der Waals surface area (Å²) in [5.41, 5.74) is 0.0482. The monoisotopic (exact) mass is 278 g/mol. The zero-order chi connectivity index (χ0) is 13.6. The van der Waals surface area contributed by atoms with Crippen LogP contribution in [0.25, 0.3) is 0 Å². The van der Waals surface area contributed by atoms with Gasteiger partial charge >= 0.3 is 10.3 Å². The Labute approximate surface area is 105 Å². The van der Waals surface area contributed by atoms with E-state index in [0.29, 0.717) is 0 Å². The van der Waals surface area contributed by atoms with E-state index >= 15 is 0 Å². The van der Waals surface area contributed by atoms with Crippen molar-refractivity contribution in [1.82, 2.24) is 4.72 Å². The van der Waals surface area contributed by atoms with E-state index in [1.54, 1.807) is 0 Å². The predicted molar refractivity (Wildman–Crippen MR) is 61.6 cm³/mol. The van der Waals surface area contributed by atoms with E-state index in [2.05, 4.69) is 9.46 Å². The maximum absolute atomic E-state index is 11.4. The normalized spacial score (nSPS) is 13.3. The van der Waals surface area contributed by atoms with Gasteiger partial charge in [0.1, 0.15) is 5.75 Å². The molecule has 1 rings (SSSR count). The molecular weight excluding hydrogens is 264 g/mol. The highest BCUT2D eigenvalue weighted by Crippen LogP contribution is 2.14. The fraction of sp³-hybridized carbons (Fsp3) is 0.333. The molecule has 8 nitrogen and oxygen atoms in total. The van der Waals surface area contributed by atoms with Crippen LogP contribution < -0.4 is 14.1 Å². The molecule has 1 unspecified atom stereocenters. The van der Waals surface area contributed by atoms with Gasteiger partial charge in [-0.15, -0.1) is 0 Å². The maximum Gasteiger partial charge on any atom is 0.382 e. The molecule has 0 radical (unpaired) electrons. The lowest BCUT2D eigenvalue weighted by Crippen LogP contribution is -2.99. The second-order valence-electron chi connectivity index (χ2n) is 3.25. The molecule has 0 amide bonds. The molecule has 0 heterocycles. The largest absolute Gasteiger partial charge is 0.595 e. The van der Waals surface area contributed by atoms with E-state index in [0.717, 1.165) is 0 Å². The van der Waals surface area contributed by atoms with Crippen LogP contribution in [0.3, 0.4) is 0 Å². The molecule has 0 fully saturated rings. The fourth-order valence-corrected chi connectivity index (χ4v) is 1.83. The average molecular weight is 278 g/mol. The highest BCUT2D eigenvalue weighted by molar-refractivity contribution is 7.85. The summed E-state index contributed by atoms with van der Waals surface area (Å²) in [6.45, 7) is 0.312. The van der Waals surface area contributed by atoms with Crippen molar-refractivity contribution in [3.8, 4) is 5.75 Å². The molecule has 0 bridgehead atoms. The topological polar surface area (TPSA) is 112 Å². The van der Waals surface area contributed by atoms with Crippen LogP contribution in [0.15, 0.2) is 24.3 Å². The Kier molecular flexibility index (Phi) is 5.47. The van der Waals surface area contributed by atoms with Gasteiger partial charge in [-0.1, -0.05) is 0 Å². The quantitative estimate of drug-likeness (QED) is 0.433. The van der Waals surface area contributed by atoms with Crippen molar-refractivity contribution in [1.29, 1.82) is 0 Å². The summed E-state index contributed by atoms with van der Waals surface area (Å²) in [6.07, 6.45) is 0. The highest BCUT2D eigenvalue weighted by atomic mass is 32.2. The Bertz CT molecular complexity index is 458. The van der Waals surface area contributed by atoms with Crippen LogP contribution in [0.1, 0.15) is 0 Å². The Hall–Kier alpha value is -1.23. The Morgan fingerprint density at radius 3 is 2.50 bits per heavy atom. The Morgan fingerprint density at radius 2 is 2.00 bits per heavy atom. The number of benzene rings is 1. The minimum Gasteiger partial charge on any atom is -0.595 e. The average Bonchev–Trinajstić information content (AvgIpc) is 2.29. The summed E-state index contributed by atoms with van der Waals surface area (Å²) in [5.74, 6) is 0.0323. The fourth-order valence-electron chi connectivity index (χ4n) is 1.08. The van der Waals surface area contributed by atoms with Crippen molar-refractivity contribution in [3.05, 3.63) is 29.5 Å². The number of quaternary nitrogens is 1. The number of methoxy groups -OCH3 is 1. The van der Waals surface area contributed by atoms with Gasteiger partial charge in [0.25, 0.3) is 0 Å². The molecule has 3 N–H and O–H groups in total. The van der Waals surface area contributed by atoms with E-state index in [1.807, 2.05) is 0 Å². The molecule has 0 aliphatic carbocycles. The number of ether oxygens (including phenoxy) is 1. The molecule has 102 valence electrons. The van der Waals surface area contributed by atoms with Crippen molar-refractivity contribution in [2.24, 2.45) is 0 Å². The van der Waals surface area contributed by atoms with Gasteiger partial charge in [-0.3, -0.25) is 0 Å². The van der Waals surface area contributed by atoms with Gasteiger partial charge in [0, 0.05) is 25.8 Å². The number of rotatable bonds is 7. The van der Waals surface area contributed by atoms with E-state index in [4.69, 9.17) is 9.39 Å². The smallest absolute Gasteiger partial charge is 0.382 e. The first-order chi connectivity index (χ1) is 8.44. The molecule has 0 aliphatic heterocycles. The van der Waals surface area contributed by atoms with E-state index in [9.17, 15) is 13.6 Å². The van der Waals surface area contributed by atoms with Gasteiger partial charge in [-0.25, -0.2) is 5.21 Å². The van der Waals surface area contributed by atoms with Crippen LogP contribution in [-0.2, 0) is 15.0 Å². The lowest BCUT2D eigenvalue weighted by Gasteiger charge is -2.12. The van der Waals surface area contributed by atoms with Crippen molar-refractivity contribution in [2.75, 3.05) is 20.3 Å². The molecule has 18 heavy (non-hydrogen) atoms. The Morgan fingerprint density at radius 1 is 1.39 bits per heavy atom. The lowest BCUT2D eigenvalue weighted by atomic mass is 10.3. The molecule has 0 spiro atoms. The first-order valence-corrected chi connectivity index (χ1v) is 6.37. The summed E-state index contributed by atoms with van der Waals surface area (Å²) in [5, 5.41) is 18.2. The molecule has 0 aliphatic rings. The van der Waals surface area contributed by atoms with Crippen molar-refractivity contribution < 1.29 is 27.8 Å².